The van der Waals surface area contributed by atoms with E-state index in [0.717, 1.165) is 44.3 Å². The highest BCUT2D eigenvalue weighted by Gasteiger charge is 2.44. The largest absolute Gasteiger partial charge is 0.378 e. The zero-order valence-corrected chi connectivity index (χ0v) is 18.4. The van der Waals surface area contributed by atoms with E-state index >= 15 is 0 Å². The van der Waals surface area contributed by atoms with E-state index in [-0.39, 0.29) is 11.8 Å². The molecule has 0 N–H and O–H groups in total. The highest BCUT2D eigenvalue weighted by Crippen LogP contribution is 2.42. The molecule has 1 aromatic carbocycles. The molecule has 30 heavy (non-hydrogen) atoms. The van der Waals surface area contributed by atoms with Gasteiger partial charge in [0.05, 0.1) is 25.2 Å². The maximum Gasteiger partial charge on any atom is 0.236 e. The van der Waals surface area contributed by atoms with Crippen LogP contribution >= 0.6 is 11.6 Å². The fraction of sp³-hybridized carbons (Fsp3) is 0.652. The molecule has 4 rings (SSSR count). The van der Waals surface area contributed by atoms with Gasteiger partial charge < -0.3 is 14.5 Å². The molecule has 0 spiro atoms. The quantitative estimate of drug-likeness (QED) is 0.732. The summed E-state index contributed by atoms with van der Waals surface area (Å²) in [5.74, 6) is 0.407. The maximum atomic E-state index is 13.7. The van der Waals surface area contributed by atoms with Gasteiger partial charge in [-0.25, -0.2) is 0 Å². The first-order chi connectivity index (χ1) is 14.6. The van der Waals surface area contributed by atoms with Crippen molar-refractivity contribution < 1.29 is 14.3 Å². The predicted octanol–water partition coefficient (Wildman–Crippen LogP) is 2.54. The molecule has 7 heteroatoms. The van der Waals surface area contributed by atoms with E-state index < -0.39 is 5.41 Å². The first kappa shape index (κ1) is 21.6. The van der Waals surface area contributed by atoms with E-state index in [1.165, 1.54) is 6.42 Å². The fourth-order valence-corrected chi connectivity index (χ4v) is 5.27. The lowest BCUT2D eigenvalue weighted by Gasteiger charge is -2.43. The number of amides is 2. The lowest BCUT2D eigenvalue weighted by molar-refractivity contribution is -0.142. The van der Waals surface area contributed by atoms with E-state index in [2.05, 4.69) is 11.0 Å². The van der Waals surface area contributed by atoms with Crippen molar-refractivity contribution in [2.75, 3.05) is 59.0 Å². The second kappa shape index (κ2) is 9.67. The number of carbonyl (C=O) groups excluding carboxylic acids is 2. The number of halogens is 1. The summed E-state index contributed by atoms with van der Waals surface area (Å²) in [7, 11) is 0. The first-order valence-corrected chi connectivity index (χ1v) is 11.6. The van der Waals surface area contributed by atoms with Crippen LogP contribution in [0.25, 0.3) is 0 Å². The number of hydrogen-bond donors (Lipinski definition) is 0. The van der Waals surface area contributed by atoms with Crippen LogP contribution in [0.1, 0.15) is 37.7 Å². The van der Waals surface area contributed by atoms with Crippen LogP contribution in [0.15, 0.2) is 24.3 Å². The molecule has 0 unspecified atom stereocenters. The van der Waals surface area contributed by atoms with Gasteiger partial charge in [-0.1, -0.05) is 43.0 Å². The van der Waals surface area contributed by atoms with Crippen molar-refractivity contribution in [3.8, 4) is 0 Å². The molecule has 0 aromatic heterocycles. The molecular formula is C23H32ClN3O3. The minimum Gasteiger partial charge on any atom is -0.378 e. The number of rotatable bonds is 4. The smallest absolute Gasteiger partial charge is 0.236 e. The van der Waals surface area contributed by atoms with Crippen LogP contribution in [0, 0.1) is 0 Å². The zero-order chi connectivity index (χ0) is 21.0. The van der Waals surface area contributed by atoms with Crippen LogP contribution in [0.5, 0.6) is 0 Å². The van der Waals surface area contributed by atoms with Crippen molar-refractivity contribution in [3.63, 3.8) is 0 Å². The zero-order valence-electron chi connectivity index (χ0n) is 17.7. The fourth-order valence-electron chi connectivity index (χ4n) is 5.08. The van der Waals surface area contributed by atoms with Gasteiger partial charge in [-0.15, -0.1) is 0 Å². The van der Waals surface area contributed by atoms with Crippen molar-refractivity contribution in [1.29, 1.82) is 0 Å². The molecule has 2 amide bonds. The number of benzene rings is 1. The highest BCUT2D eigenvalue weighted by molar-refractivity contribution is 6.30. The van der Waals surface area contributed by atoms with E-state index in [4.69, 9.17) is 16.3 Å². The Morgan fingerprint density at radius 1 is 0.933 bits per heavy atom. The average molecular weight is 434 g/mol. The van der Waals surface area contributed by atoms with Gasteiger partial charge in [-0.05, 0) is 30.5 Å². The van der Waals surface area contributed by atoms with Gasteiger partial charge in [0, 0.05) is 44.3 Å². The molecule has 1 saturated carbocycles. The van der Waals surface area contributed by atoms with Crippen LogP contribution in [0.4, 0.5) is 0 Å². The number of carbonyl (C=O) groups is 2. The second-order valence-electron chi connectivity index (χ2n) is 8.71. The molecule has 0 bridgehead atoms. The van der Waals surface area contributed by atoms with Gasteiger partial charge in [0.15, 0.2) is 0 Å². The molecule has 6 nitrogen and oxygen atoms in total. The Bertz CT molecular complexity index is 752. The number of morpholine rings is 1. The Morgan fingerprint density at radius 3 is 2.30 bits per heavy atom. The molecule has 2 heterocycles. The lowest BCUT2D eigenvalue weighted by Crippen LogP contribution is -2.56. The van der Waals surface area contributed by atoms with Gasteiger partial charge in [0.1, 0.15) is 0 Å². The van der Waals surface area contributed by atoms with Gasteiger partial charge in [0.2, 0.25) is 11.8 Å². The predicted molar refractivity (Wildman–Crippen MR) is 117 cm³/mol. The molecule has 1 aromatic rings. The third-order valence-corrected chi connectivity index (χ3v) is 7.11. The average Bonchev–Trinajstić information content (AvgIpc) is 2.80. The molecule has 2 saturated heterocycles. The van der Waals surface area contributed by atoms with Crippen molar-refractivity contribution in [2.45, 2.75) is 37.5 Å². The van der Waals surface area contributed by atoms with Crippen LogP contribution < -0.4 is 0 Å². The molecule has 1 aliphatic carbocycles. The lowest BCUT2D eigenvalue weighted by atomic mass is 9.68. The van der Waals surface area contributed by atoms with E-state index in [0.29, 0.717) is 51.0 Å². The second-order valence-corrected chi connectivity index (χ2v) is 9.15. The highest BCUT2D eigenvalue weighted by atomic mass is 35.5. The monoisotopic (exact) mass is 433 g/mol. The summed E-state index contributed by atoms with van der Waals surface area (Å²) < 4.78 is 5.33. The van der Waals surface area contributed by atoms with Gasteiger partial charge in [0.25, 0.3) is 0 Å². The van der Waals surface area contributed by atoms with Crippen molar-refractivity contribution in [2.24, 2.45) is 0 Å². The summed E-state index contributed by atoms with van der Waals surface area (Å²) in [4.78, 5) is 32.3. The molecular weight excluding hydrogens is 402 g/mol. The summed E-state index contributed by atoms with van der Waals surface area (Å²) in [5.41, 5.74) is 0.610. The van der Waals surface area contributed by atoms with E-state index in [1.54, 1.807) is 0 Å². The molecule has 0 radical (unpaired) electrons. The Balaban J connectivity index is 1.39. The number of hydrogen-bond acceptors (Lipinski definition) is 4. The first-order valence-electron chi connectivity index (χ1n) is 11.2. The number of ether oxygens (including phenoxy) is 1. The Kier molecular flexibility index (Phi) is 6.96. The van der Waals surface area contributed by atoms with Crippen LogP contribution in [-0.2, 0) is 19.7 Å². The van der Waals surface area contributed by atoms with Crippen molar-refractivity contribution in [1.82, 2.24) is 14.7 Å². The van der Waals surface area contributed by atoms with Crippen LogP contribution in [0.3, 0.4) is 0 Å². The van der Waals surface area contributed by atoms with Crippen molar-refractivity contribution >= 4 is 23.4 Å². The SMILES string of the molecule is O=C(CN1CCN(C(=O)C2(c3cccc(Cl)c3)CCCCC2)CC1)N1CCOCC1. The minimum absolute atomic E-state index is 0.167. The van der Waals surface area contributed by atoms with Gasteiger partial charge in [-0.3, -0.25) is 14.5 Å². The number of piperazine rings is 1. The molecule has 0 atom stereocenters. The summed E-state index contributed by atoms with van der Waals surface area (Å²) >= 11 is 6.27. The van der Waals surface area contributed by atoms with Crippen LogP contribution in [-0.4, -0.2) is 85.5 Å². The Hall–Kier alpha value is -1.63. The Morgan fingerprint density at radius 2 is 1.63 bits per heavy atom. The van der Waals surface area contributed by atoms with E-state index in [9.17, 15) is 9.59 Å². The minimum atomic E-state index is -0.449. The molecule has 3 fully saturated rings. The summed E-state index contributed by atoms with van der Waals surface area (Å²) in [6.45, 7) is 5.88. The summed E-state index contributed by atoms with van der Waals surface area (Å²) in [6, 6.07) is 7.86. The third kappa shape index (κ3) is 4.66. The van der Waals surface area contributed by atoms with Crippen LogP contribution in [0.2, 0.25) is 5.02 Å². The maximum absolute atomic E-state index is 13.7. The standard InChI is InChI=1S/C23H32ClN3O3/c24-20-6-4-5-19(17-20)23(7-2-1-3-8-23)22(29)27-11-9-25(10-12-27)18-21(28)26-13-15-30-16-14-26/h4-6,17H,1-3,7-16,18H2. The summed E-state index contributed by atoms with van der Waals surface area (Å²) in [6.07, 6.45) is 5.12. The molecule has 2 aliphatic heterocycles. The topological polar surface area (TPSA) is 53.1 Å². The van der Waals surface area contributed by atoms with E-state index in [1.807, 2.05) is 28.0 Å². The third-order valence-electron chi connectivity index (χ3n) is 6.88. The normalized spacial score (nSPS) is 22.7. The summed E-state index contributed by atoms with van der Waals surface area (Å²) in [5, 5.41) is 0.691. The molecule has 3 aliphatic rings. The Labute approximate surface area is 184 Å². The van der Waals surface area contributed by atoms with Gasteiger partial charge >= 0.3 is 0 Å². The van der Waals surface area contributed by atoms with Gasteiger partial charge in [-0.2, -0.15) is 0 Å². The molecule has 164 valence electrons. The number of nitrogens with zero attached hydrogens (tertiary/aromatic N) is 3. The van der Waals surface area contributed by atoms with Crippen molar-refractivity contribution in [3.05, 3.63) is 34.9 Å².